The fourth-order valence-electron chi connectivity index (χ4n) is 1.85. The molecule has 80 valence electrons. The molecule has 15 heavy (non-hydrogen) atoms. The third kappa shape index (κ3) is 1.72. The lowest BCUT2D eigenvalue weighted by Gasteiger charge is -2.02. The zero-order chi connectivity index (χ0) is 10.8. The van der Waals surface area contributed by atoms with Gasteiger partial charge in [0.2, 0.25) is 0 Å². The molecule has 2 heterocycles. The number of nitrogens with two attached hydrogens (primary N) is 1. The first-order chi connectivity index (χ1) is 7.24. The Balaban J connectivity index is 2.91. The first kappa shape index (κ1) is 10.1. The smallest absolute Gasteiger partial charge is 0.137 e. The van der Waals surface area contributed by atoms with Gasteiger partial charge in [0.05, 0.1) is 13.2 Å². The number of rotatable bonds is 1. The molecule has 0 amide bonds. The molecule has 1 aliphatic heterocycles. The van der Waals surface area contributed by atoms with Crippen LogP contribution >= 0.6 is 0 Å². The van der Waals surface area contributed by atoms with Crippen molar-refractivity contribution in [3.8, 4) is 0 Å². The molecule has 0 fully saturated rings. The monoisotopic (exact) mass is 204 g/mol. The highest BCUT2D eigenvalue weighted by Gasteiger charge is 2.04. The fraction of sp³-hybridized carbons (Fsp3) is 0.455. The van der Waals surface area contributed by atoms with E-state index in [-0.39, 0.29) is 0 Å². The van der Waals surface area contributed by atoms with Crippen LogP contribution in [0.3, 0.4) is 0 Å². The van der Waals surface area contributed by atoms with Gasteiger partial charge >= 0.3 is 0 Å². The van der Waals surface area contributed by atoms with Gasteiger partial charge in [-0.1, -0.05) is 5.57 Å². The van der Waals surface area contributed by atoms with Gasteiger partial charge in [-0.25, -0.2) is 0 Å². The Labute approximate surface area is 88.5 Å². The Bertz CT molecular complexity index is 547. The molecule has 0 saturated carbocycles. The Morgan fingerprint density at radius 1 is 1.53 bits per heavy atom. The van der Waals surface area contributed by atoms with Gasteiger partial charge in [0.1, 0.15) is 11.0 Å². The van der Waals surface area contributed by atoms with Crippen LogP contribution in [0.5, 0.6) is 0 Å². The normalized spacial score (nSPS) is 15.0. The summed E-state index contributed by atoms with van der Waals surface area (Å²) >= 11 is 0. The molecule has 0 atom stereocenters. The van der Waals surface area contributed by atoms with Crippen LogP contribution < -0.4 is 21.9 Å². The average Bonchev–Trinajstić information content (AvgIpc) is 2.66. The van der Waals surface area contributed by atoms with Crippen LogP contribution in [0, 0.1) is 0 Å². The van der Waals surface area contributed by atoms with Crippen molar-refractivity contribution in [1.29, 1.82) is 0 Å². The van der Waals surface area contributed by atoms with E-state index in [9.17, 15) is 0 Å². The van der Waals surface area contributed by atoms with Gasteiger partial charge in [0.25, 0.3) is 0 Å². The molecule has 0 aromatic carbocycles. The minimum Gasteiger partial charge on any atom is -0.312 e. The summed E-state index contributed by atoms with van der Waals surface area (Å²) < 4.78 is 2.13. The van der Waals surface area contributed by atoms with E-state index in [1.807, 2.05) is 6.07 Å². The largest absolute Gasteiger partial charge is 0.312 e. The van der Waals surface area contributed by atoms with Crippen molar-refractivity contribution in [2.75, 3.05) is 13.2 Å². The van der Waals surface area contributed by atoms with Crippen LogP contribution in [0.15, 0.2) is 22.1 Å². The highest BCUT2D eigenvalue weighted by Crippen LogP contribution is 1.86. The number of nitrogens with zero attached hydrogens (tertiary/aromatic N) is 3. The van der Waals surface area contributed by atoms with E-state index in [1.54, 1.807) is 0 Å². The van der Waals surface area contributed by atoms with E-state index < -0.39 is 0 Å². The van der Waals surface area contributed by atoms with Crippen molar-refractivity contribution < 1.29 is 0 Å². The minimum atomic E-state index is 0.323. The van der Waals surface area contributed by atoms with Crippen LogP contribution in [0.1, 0.15) is 13.8 Å². The van der Waals surface area contributed by atoms with E-state index in [1.165, 1.54) is 10.8 Å². The first-order valence-electron chi connectivity index (χ1n) is 5.16. The second kappa shape index (κ2) is 3.98. The molecule has 1 aromatic heterocycles. The van der Waals surface area contributed by atoms with Gasteiger partial charge in [-0.3, -0.25) is 9.98 Å². The summed E-state index contributed by atoms with van der Waals surface area (Å²) in [6.45, 7) is 6.26. The fourth-order valence-corrected chi connectivity index (χ4v) is 1.85. The molecule has 0 bridgehead atoms. The summed E-state index contributed by atoms with van der Waals surface area (Å²) in [7, 11) is 0. The standard InChI is InChI=1S/C11H16N4/c1-8(2)9-3-4-10-13-5-6-15(10)11(9)14-7-12/h3-4H,5-7,12H2,1-2H3/b14-11+. The van der Waals surface area contributed by atoms with E-state index in [0.717, 1.165) is 24.1 Å². The predicted molar refractivity (Wildman–Crippen MR) is 59.5 cm³/mol. The Morgan fingerprint density at radius 3 is 3.00 bits per heavy atom. The minimum absolute atomic E-state index is 0.323. The van der Waals surface area contributed by atoms with Gasteiger partial charge in [-0.15, -0.1) is 0 Å². The molecule has 0 saturated heterocycles. The van der Waals surface area contributed by atoms with Crippen molar-refractivity contribution in [3.63, 3.8) is 0 Å². The van der Waals surface area contributed by atoms with Crippen LogP contribution in [-0.4, -0.2) is 17.8 Å². The Kier molecular flexibility index (Phi) is 2.68. The molecule has 0 aliphatic carbocycles. The molecule has 1 aromatic rings. The van der Waals surface area contributed by atoms with Crippen molar-refractivity contribution >= 4 is 5.57 Å². The highest BCUT2D eigenvalue weighted by atomic mass is 15.1. The van der Waals surface area contributed by atoms with Gasteiger partial charge < -0.3 is 10.3 Å². The Morgan fingerprint density at radius 2 is 2.33 bits per heavy atom. The number of hydrogen-bond donors (Lipinski definition) is 1. The average molecular weight is 204 g/mol. The topological polar surface area (TPSA) is 55.7 Å². The molecular weight excluding hydrogens is 188 g/mol. The maximum absolute atomic E-state index is 5.50. The molecule has 2 rings (SSSR count). The molecule has 1 aliphatic rings. The molecular formula is C11H16N4. The molecule has 0 radical (unpaired) electrons. The number of aromatic nitrogens is 1. The van der Waals surface area contributed by atoms with Crippen molar-refractivity contribution in [1.82, 2.24) is 4.57 Å². The zero-order valence-electron chi connectivity index (χ0n) is 9.20. The molecule has 2 N–H and O–H groups in total. The van der Waals surface area contributed by atoms with Crippen LogP contribution in [0.4, 0.5) is 0 Å². The van der Waals surface area contributed by atoms with E-state index in [2.05, 4.69) is 34.5 Å². The van der Waals surface area contributed by atoms with Crippen LogP contribution in [0.25, 0.3) is 5.57 Å². The van der Waals surface area contributed by atoms with Gasteiger partial charge in [0.15, 0.2) is 0 Å². The molecule has 4 nitrogen and oxygen atoms in total. The number of fused-ring (bicyclic) bond motifs is 1. The molecule has 0 unspecified atom stereocenters. The zero-order valence-corrected chi connectivity index (χ0v) is 9.20. The lowest BCUT2D eigenvalue weighted by Crippen LogP contribution is -2.42. The van der Waals surface area contributed by atoms with Gasteiger partial charge in [-0.2, -0.15) is 0 Å². The third-order valence-corrected chi connectivity index (χ3v) is 2.55. The third-order valence-electron chi connectivity index (χ3n) is 2.55. The van der Waals surface area contributed by atoms with Crippen molar-refractivity contribution in [2.24, 2.45) is 15.7 Å². The summed E-state index contributed by atoms with van der Waals surface area (Å²) in [6.07, 6.45) is 0. The number of pyridine rings is 1. The lowest BCUT2D eigenvalue weighted by molar-refractivity contribution is 0.694. The maximum atomic E-state index is 5.50. The summed E-state index contributed by atoms with van der Waals surface area (Å²) in [5.74, 6) is 0. The maximum Gasteiger partial charge on any atom is 0.137 e. The second-order valence-electron chi connectivity index (χ2n) is 3.80. The second-order valence-corrected chi connectivity index (χ2v) is 3.80. The number of hydrogen-bond acceptors (Lipinski definition) is 3. The molecule has 4 heteroatoms. The quantitative estimate of drug-likeness (QED) is 0.635. The predicted octanol–water partition coefficient (Wildman–Crippen LogP) is -0.871. The summed E-state index contributed by atoms with van der Waals surface area (Å²) in [4.78, 5) is 8.75. The summed E-state index contributed by atoms with van der Waals surface area (Å²) in [5.41, 5.74) is 8.73. The van der Waals surface area contributed by atoms with Crippen LogP contribution in [-0.2, 0) is 6.54 Å². The Hall–Kier alpha value is -1.42. The van der Waals surface area contributed by atoms with Crippen molar-refractivity contribution in [2.45, 2.75) is 20.4 Å². The van der Waals surface area contributed by atoms with E-state index in [0.29, 0.717) is 6.67 Å². The van der Waals surface area contributed by atoms with Gasteiger partial charge in [0, 0.05) is 11.8 Å². The van der Waals surface area contributed by atoms with Gasteiger partial charge in [-0.05, 0) is 26.0 Å². The summed E-state index contributed by atoms with van der Waals surface area (Å²) in [5, 5.41) is 1.17. The first-order valence-corrected chi connectivity index (χ1v) is 5.16. The summed E-state index contributed by atoms with van der Waals surface area (Å²) in [6, 6.07) is 4.12. The highest BCUT2D eigenvalue weighted by molar-refractivity contribution is 5.37. The van der Waals surface area contributed by atoms with E-state index in [4.69, 9.17) is 5.73 Å². The SMILES string of the molecule is CC(C)=c1ccc2n(/c1=N/CN)CCN=2. The van der Waals surface area contributed by atoms with Crippen molar-refractivity contribution in [3.05, 3.63) is 28.3 Å². The molecule has 0 spiro atoms. The van der Waals surface area contributed by atoms with Crippen LogP contribution in [0.2, 0.25) is 0 Å². The van der Waals surface area contributed by atoms with E-state index >= 15 is 0 Å². The lowest BCUT2D eigenvalue weighted by atomic mass is 10.2.